The van der Waals surface area contributed by atoms with Gasteiger partial charge in [0.2, 0.25) is 0 Å². The van der Waals surface area contributed by atoms with Crippen LogP contribution in [-0.2, 0) is 9.53 Å². The minimum absolute atomic E-state index is 0.185. The molecule has 1 amide bonds. The van der Waals surface area contributed by atoms with Gasteiger partial charge < -0.3 is 15.8 Å². The molecule has 21 heavy (non-hydrogen) atoms. The molecule has 0 radical (unpaired) electrons. The molecule has 4 heteroatoms. The van der Waals surface area contributed by atoms with Crippen LogP contribution in [0.15, 0.2) is 60.7 Å². The molecule has 2 aromatic carbocycles. The normalized spacial score (nSPS) is 13.4. The van der Waals surface area contributed by atoms with Crippen LogP contribution < -0.4 is 11.1 Å². The first-order valence-corrected chi connectivity index (χ1v) is 6.88. The monoisotopic (exact) mass is 284 g/mol. The van der Waals surface area contributed by atoms with Gasteiger partial charge in [-0.1, -0.05) is 60.7 Å². The average molecular weight is 284 g/mol. The highest BCUT2D eigenvalue weighted by atomic mass is 16.5. The van der Waals surface area contributed by atoms with Crippen molar-refractivity contribution in [3.05, 3.63) is 71.8 Å². The van der Waals surface area contributed by atoms with E-state index in [1.165, 1.54) is 7.11 Å². The molecule has 0 aliphatic rings. The van der Waals surface area contributed by atoms with E-state index in [1.807, 2.05) is 60.7 Å². The summed E-state index contributed by atoms with van der Waals surface area (Å²) in [7, 11) is 1.52. The van der Waals surface area contributed by atoms with Crippen LogP contribution >= 0.6 is 0 Å². The molecule has 3 N–H and O–H groups in total. The zero-order chi connectivity index (χ0) is 15.1. The fraction of sp³-hybridized carbons (Fsp3) is 0.235. The Balaban J connectivity index is 1.94. The summed E-state index contributed by atoms with van der Waals surface area (Å²) >= 11 is 0. The van der Waals surface area contributed by atoms with Gasteiger partial charge in [-0.2, -0.15) is 0 Å². The van der Waals surface area contributed by atoms with Crippen molar-refractivity contribution in [3.8, 4) is 0 Å². The lowest BCUT2D eigenvalue weighted by atomic mass is 10.1. The van der Waals surface area contributed by atoms with Crippen LogP contribution in [0.25, 0.3) is 0 Å². The molecular weight excluding hydrogens is 264 g/mol. The van der Waals surface area contributed by atoms with E-state index in [0.29, 0.717) is 6.54 Å². The van der Waals surface area contributed by atoms with Crippen molar-refractivity contribution in [2.24, 2.45) is 5.73 Å². The molecule has 0 unspecified atom stereocenters. The molecule has 0 bridgehead atoms. The zero-order valence-electron chi connectivity index (χ0n) is 12.0. The number of carbonyl (C=O) groups is 1. The number of benzene rings is 2. The molecule has 110 valence electrons. The van der Waals surface area contributed by atoms with E-state index in [4.69, 9.17) is 10.5 Å². The summed E-state index contributed by atoms with van der Waals surface area (Å²) in [4.78, 5) is 12.2. The zero-order valence-corrected chi connectivity index (χ0v) is 12.0. The molecule has 0 heterocycles. The Kier molecular flexibility index (Phi) is 5.49. The minimum atomic E-state index is -0.617. The van der Waals surface area contributed by atoms with Crippen LogP contribution in [0.4, 0.5) is 0 Å². The summed E-state index contributed by atoms with van der Waals surface area (Å²) in [5, 5.41) is 2.84. The first-order chi connectivity index (χ1) is 10.2. The SMILES string of the molecule is CO[C@@H](C(=O)NC[C@H](N)c1ccccc1)c1ccccc1. The lowest BCUT2D eigenvalue weighted by Crippen LogP contribution is -2.35. The number of nitrogens with two attached hydrogens (primary N) is 1. The van der Waals surface area contributed by atoms with E-state index in [9.17, 15) is 4.79 Å². The number of hydrogen-bond acceptors (Lipinski definition) is 3. The second-order valence-electron chi connectivity index (χ2n) is 4.79. The van der Waals surface area contributed by atoms with Crippen molar-refractivity contribution in [1.29, 1.82) is 0 Å². The molecule has 4 nitrogen and oxygen atoms in total. The number of rotatable bonds is 6. The summed E-state index contributed by atoms with van der Waals surface area (Å²) in [6, 6.07) is 18.8. The van der Waals surface area contributed by atoms with Crippen LogP contribution in [0.3, 0.4) is 0 Å². The maximum atomic E-state index is 12.2. The Morgan fingerprint density at radius 3 is 2.10 bits per heavy atom. The Labute approximate surface area is 124 Å². The first-order valence-electron chi connectivity index (χ1n) is 6.88. The van der Waals surface area contributed by atoms with Crippen molar-refractivity contribution >= 4 is 5.91 Å². The third-order valence-electron chi connectivity index (χ3n) is 3.30. The van der Waals surface area contributed by atoms with Gasteiger partial charge in [0.1, 0.15) is 0 Å². The summed E-state index contributed by atoms with van der Waals surface area (Å²) in [5.74, 6) is -0.185. The van der Waals surface area contributed by atoms with Crippen LogP contribution in [0.5, 0.6) is 0 Å². The molecule has 0 spiro atoms. The average Bonchev–Trinajstić information content (AvgIpc) is 2.55. The smallest absolute Gasteiger partial charge is 0.253 e. The van der Waals surface area contributed by atoms with Crippen molar-refractivity contribution in [2.45, 2.75) is 12.1 Å². The Morgan fingerprint density at radius 1 is 1.05 bits per heavy atom. The maximum absolute atomic E-state index is 12.2. The lowest BCUT2D eigenvalue weighted by molar-refractivity contribution is -0.131. The standard InChI is InChI=1S/C17H20N2O2/c1-21-16(14-10-6-3-7-11-14)17(20)19-12-15(18)13-8-4-2-5-9-13/h2-11,15-16H,12,18H2,1H3,(H,19,20)/t15-,16+/m0/s1. The van der Waals surface area contributed by atoms with Crippen LogP contribution in [0.1, 0.15) is 23.3 Å². The topological polar surface area (TPSA) is 64.3 Å². The van der Waals surface area contributed by atoms with Gasteiger partial charge in [-0.15, -0.1) is 0 Å². The maximum Gasteiger partial charge on any atom is 0.253 e. The van der Waals surface area contributed by atoms with Crippen molar-refractivity contribution < 1.29 is 9.53 Å². The van der Waals surface area contributed by atoms with E-state index >= 15 is 0 Å². The highest BCUT2D eigenvalue weighted by molar-refractivity contribution is 5.82. The van der Waals surface area contributed by atoms with E-state index in [1.54, 1.807) is 0 Å². The van der Waals surface area contributed by atoms with Gasteiger partial charge in [0.25, 0.3) is 5.91 Å². The Hall–Kier alpha value is -2.17. The highest BCUT2D eigenvalue weighted by Crippen LogP contribution is 2.16. The molecule has 0 aliphatic carbocycles. The summed E-state index contributed by atoms with van der Waals surface area (Å²) in [6.07, 6.45) is -0.617. The van der Waals surface area contributed by atoms with E-state index in [2.05, 4.69) is 5.32 Å². The fourth-order valence-electron chi connectivity index (χ4n) is 2.14. The predicted molar refractivity (Wildman–Crippen MR) is 82.6 cm³/mol. The van der Waals surface area contributed by atoms with Gasteiger partial charge in [0.15, 0.2) is 6.10 Å². The number of ether oxygens (including phenoxy) is 1. The molecule has 2 aromatic rings. The van der Waals surface area contributed by atoms with Crippen LogP contribution in [0, 0.1) is 0 Å². The number of nitrogens with one attached hydrogen (secondary N) is 1. The third-order valence-corrected chi connectivity index (χ3v) is 3.30. The molecule has 2 atom stereocenters. The molecule has 0 aromatic heterocycles. The van der Waals surface area contributed by atoms with E-state index in [-0.39, 0.29) is 11.9 Å². The van der Waals surface area contributed by atoms with Gasteiger partial charge in [-0.05, 0) is 11.1 Å². The second-order valence-corrected chi connectivity index (χ2v) is 4.79. The minimum Gasteiger partial charge on any atom is -0.367 e. The molecule has 0 fully saturated rings. The van der Waals surface area contributed by atoms with Crippen molar-refractivity contribution in [3.63, 3.8) is 0 Å². The molecule has 0 saturated carbocycles. The van der Waals surface area contributed by atoms with Gasteiger partial charge in [0.05, 0.1) is 0 Å². The van der Waals surface area contributed by atoms with Gasteiger partial charge in [0, 0.05) is 19.7 Å². The number of methoxy groups -OCH3 is 1. The van der Waals surface area contributed by atoms with Gasteiger partial charge in [-0.25, -0.2) is 0 Å². The van der Waals surface area contributed by atoms with Crippen LogP contribution in [-0.4, -0.2) is 19.6 Å². The fourth-order valence-corrected chi connectivity index (χ4v) is 2.14. The van der Waals surface area contributed by atoms with Crippen LogP contribution in [0.2, 0.25) is 0 Å². The second kappa shape index (κ2) is 7.57. The van der Waals surface area contributed by atoms with Crippen molar-refractivity contribution in [1.82, 2.24) is 5.32 Å². The molecule has 0 aliphatic heterocycles. The summed E-state index contributed by atoms with van der Waals surface area (Å²) in [5.41, 5.74) is 7.88. The predicted octanol–water partition coefficient (Wildman–Crippen LogP) is 2.19. The number of hydrogen-bond donors (Lipinski definition) is 2. The van der Waals surface area contributed by atoms with E-state index in [0.717, 1.165) is 11.1 Å². The summed E-state index contributed by atoms with van der Waals surface area (Å²) in [6.45, 7) is 0.371. The molecule has 2 rings (SSSR count). The largest absolute Gasteiger partial charge is 0.367 e. The van der Waals surface area contributed by atoms with Gasteiger partial charge >= 0.3 is 0 Å². The first kappa shape index (κ1) is 15.2. The van der Waals surface area contributed by atoms with Crippen molar-refractivity contribution in [2.75, 3.05) is 13.7 Å². The van der Waals surface area contributed by atoms with E-state index < -0.39 is 6.10 Å². The summed E-state index contributed by atoms with van der Waals surface area (Å²) < 4.78 is 5.28. The Bertz CT molecular complexity index is 558. The number of carbonyl (C=O) groups excluding carboxylic acids is 1. The lowest BCUT2D eigenvalue weighted by Gasteiger charge is -2.18. The highest BCUT2D eigenvalue weighted by Gasteiger charge is 2.20. The van der Waals surface area contributed by atoms with Gasteiger partial charge in [-0.3, -0.25) is 4.79 Å². The molecular formula is C17H20N2O2. The number of amides is 1. The molecule has 0 saturated heterocycles. The Morgan fingerprint density at radius 2 is 1.57 bits per heavy atom. The third kappa shape index (κ3) is 4.15. The quantitative estimate of drug-likeness (QED) is 0.854.